The molecule has 0 atom stereocenters. The summed E-state index contributed by atoms with van der Waals surface area (Å²) >= 11 is 7.91. The number of carbonyl (C=O) groups is 1. The van der Waals surface area contributed by atoms with E-state index in [-0.39, 0.29) is 18.3 Å². The zero-order valence-corrected chi connectivity index (χ0v) is 23.7. The number of rotatable bonds is 9. The van der Waals surface area contributed by atoms with Crippen molar-refractivity contribution in [3.05, 3.63) is 77.3 Å². The smallest absolute Gasteiger partial charge is 0.233 e. The van der Waals surface area contributed by atoms with Gasteiger partial charge in [-0.25, -0.2) is 4.98 Å². The van der Waals surface area contributed by atoms with Crippen LogP contribution in [0.2, 0.25) is 5.02 Å². The van der Waals surface area contributed by atoms with Crippen molar-refractivity contribution in [3.8, 4) is 16.9 Å². The minimum atomic E-state index is 0. The van der Waals surface area contributed by atoms with E-state index in [1.165, 1.54) is 11.3 Å². The van der Waals surface area contributed by atoms with Crippen LogP contribution < -0.4 is 9.64 Å². The van der Waals surface area contributed by atoms with Gasteiger partial charge < -0.3 is 9.47 Å². The van der Waals surface area contributed by atoms with E-state index in [1.807, 2.05) is 47.4 Å². The average molecular weight is 573 g/mol. The Morgan fingerprint density at radius 1 is 1.05 bits per heavy atom. The van der Waals surface area contributed by atoms with E-state index in [0.717, 1.165) is 60.7 Å². The molecule has 38 heavy (non-hydrogen) atoms. The van der Waals surface area contributed by atoms with Crippen LogP contribution in [0.25, 0.3) is 21.3 Å². The Morgan fingerprint density at radius 3 is 2.47 bits per heavy atom. The first-order valence-electron chi connectivity index (χ1n) is 12.5. The molecule has 1 aliphatic heterocycles. The topological polar surface area (TPSA) is 54.9 Å². The van der Waals surface area contributed by atoms with Crippen molar-refractivity contribution < 1.29 is 14.3 Å². The third-order valence-electron chi connectivity index (χ3n) is 6.58. The second-order valence-electron chi connectivity index (χ2n) is 9.02. The minimum Gasteiger partial charge on any atom is -0.494 e. The molecule has 0 unspecified atom stereocenters. The molecule has 1 aromatic heterocycles. The van der Waals surface area contributed by atoms with Crippen LogP contribution in [-0.2, 0) is 16.0 Å². The van der Waals surface area contributed by atoms with Crippen molar-refractivity contribution in [2.24, 2.45) is 0 Å². The van der Waals surface area contributed by atoms with Gasteiger partial charge in [0.25, 0.3) is 0 Å². The molecule has 6 nitrogen and oxygen atoms in total. The molecule has 2 heterocycles. The van der Waals surface area contributed by atoms with E-state index >= 15 is 0 Å². The molecule has 0 bridgehead atoms. The number of hydrogen-bond acceptors (Lipinski definition) is 6. The number of fused-ring (bicyclic) bond motifs is 1. The molecule has 0 spiro atoms. The summed E-state index contributed by atoms with van der Waals surface area (Å²) in [7, 11) is 1.62. The first-order chi connectivity index (χ1) is 18.1. The number of morpholine rings is 1. The number of methoxy groups -OCH3 is 1. The molecule has 0 saturated carbocycles. The van der Waals surface area contributed by atoms with Crippen molar-refractivity contribution in [1.29, 1.82) is 0 Å². The first-order valence-corrected chi connectivity index (χ1v) is 13.7. The monoisotopic (exact) mass is 571 g/mol. The molecule has 4 aromatic rings. The average Bonchev–Trinajstić information content (AvgIpc) is 3.39. The van der Waals surface area contributed by atoms with Gasteiger partial charge in [0.1, 0.15) is 11.3 Å². The lowest BCUT2D eigenvalue weighted by Gasteiger charge is -2.27. The Bertz CT molecular complexity index is 1340. The summed E-state index contributed by atoms with van der Waals surface area (Å²) in [5, 5.41) is 1.26. The van der Waals surface area contributed by atoms with Gasteiger partial charge in [0.05, 0.1) is 36.5 Å². The third kappa shape index (κ3) is 6.65. The summed E-state index contributed by atoms with van der Waals surface area (Å²) in [5.41, 5.74) is 3.95. The number of carbonyl (C=O) groups excluding carboxylic acids is 1. The molecule has 1 saturated heterocycles. The van der Waals surface area contributed by atoms with E-state index in [9.17, 15) is 4.79 Å². The second-order valence-corrected chi connectivity index (χ2v) is 10.4. The Kier molecular flexibility index (Phi) is 9.99. The highest BCUT2D eigenvalue weighted by atomic mass is 35.5. The Labute approximate surface area is 238 Å². The van der Waals surface area contributed by atoms with Crippen LogP contribution in [0.3, 0.4) is 0 Å². The lowest BCUT2D eigenvalue weighted by Crippen LogP contribution is -2.39. The Morgan fingerprint density at radius 2 is 1.76 bits per heavy atom. The van der Waals surface area contributed by atoms with E-state index < -0.39 is 0 Å². The lowest BCUT2D eigenvalue weighted by atomic mass is 10.0. The van der Waals surface area contributed by atoms with Gasteiger partial charge in [-0.15, -0.1) is 12.4 Å². The van der Waals surface area contributed by atoms with Crippen LogP contribution >= 0.6 is 35.3 Å². The van der Waals surface area contributed by atoms with E-state index in [2.05, 4.69) is 29.2 Å². The fourth-order valence-corrected chi connectivity index (χ4v) is 5.84. The molecule has 1 fully saturated rings. The van der Waals surface area contributed by atoms with Crippen molar-refractivity contribution in [1.82, 2.24) is 9.88 Å². The second kappa shape index (κ2) is 13.4. The van der Waals surface area contributed by atoms with E-state index in [0.29, 0.717) is 34.4 Å². The van der Waals surface area contributed by atoms with Gasteiger partial charge in [-0.2, -0.15) is 0 Å². The predicted octanol–water partition coefficient (Wildman–Crippen LogP) is 6.35. The molecule has 1 amide bonds. The van der Waals surface area contributed by atoms with Crippen molar-refractivity contribution in [2.75, 3.05) is 51.4 Å². The van der Waals surface area contributed by atoms with Gasteiger partial charge in [-0.3, -0.25) is 14.6 Å². The molecule has 0 N–H and O–H groups in total. The zero-order valence-electron chi connectivity index (χ0n) is 21.3. The standard InChI is InChI=1S/C29H30ClN3O3S.ClH/c1-35-25-13-12-24(30)28-27(25)31-29(37-28)33(15-5-14-32-16-18-36-19-17-32)26(34)20-21-8-10-23(11-9-21)22-6-3-2-4-7-22;/h2-4,6-13H,5,14-20H2,1H3;1H. The van der Waals surface area contributed by atoms with Crippen molar-refractivity contribution >= 4 is 56.6 Å². The van der Waals surface area contributed by atoms with E-state index in [1.54, 1.807) is 7.11 Å². The largest absolute Gasteiger partial charge is 0.494 e. The highest BCUT2D eigenvalue weighted by Gasteiger charge is 2.23. The molecule has 3 aromatic carbocycles. The number of benzene rings is 3. The van der Waals surface area contributed by atoms with Crippen LogP contribution in [0.15, 0.2) is 66.7 Å². The molecule has 0 aliphatic carbocycles. The number of amides is 1. The molecule has 1 aliphatic rings. The number of aromatic nitrogens is 1. The molecular weight excluding hydrogens is 541 g/mol. The number of nitrogens with zero attached hydrogens (tertiary/aromatic N) is 3. The number of halogens is 2. The van der Waals surface area contributed by atoms with Gasteiger partial charge in [-0.05, 0) is 35.2 Å². The predicted molar refractivity (Wildman–Crippen MR) is 158 cm³/mol. The van der Waals surface area contributed by atoms with Gasteiger partial charge in [0.15, 0.2) is 5.13 Å². The van der Waals surface area contributed by atoms with Crippen LogP contribution in [0.4, 0.5) is 5.13 Å². The van der Waals surface area contributed by atoms with Gasteiger partial charge in [-0.1, -0.05) is 77.5 Å². The number of thiazole rings is 1. The summed E-state index contributed by atoms with van der Waals surface area (Å²) in [6, 6.07) is 22.1. The van der Waals surface area contributed by atoms with Crippen LogP contribution in [-0.4, -0.2) is 62.3 Å². The normalized spacial score (nSPS) is 13.7. The quantitative estimate of drug-likeness (QED) is 0.234. The van der Waals surface area contributed by atoms with Crippen molar-refractivity contribution in [3.63, 3.8) is 0 Å². The highest BCUT2D eigenvalue weighted by molar-refractivity contribution is 7.23. The Hall–Kier alpha value is -2.68. The highest BCUT2D eigenvalue weighted by Crippen LogP contribution is 2.39. The molecule has 9 heteroatoms. The van der Waals surface area contributed by atoms with Crippen LogP contribution in [0, 0.1) is 0 Å². The summed E-state index contributed by atoms with van der Waals surface area (Å²) < 4.78 is 11.8. The first kappa shape index (κ1) is 28.3. The summed E-state index contributed by atoms with van der Waals surface area (Å²) in [6.07, 6.45) is 1.15. The summed E-state index contributed by atoms with van der Waals surface area (Å²) in [5.74, 6) is 0.669. The van der Waals surface area contributed by atoms with Gasteiger partial charge in [0.2, 0.25) is 5.91 Å². The fraction of sp³-hybridized carbons (Fsp3) is 0.310. The summed E-state index contributed by atoms with van der Waals surface area (Å²) in [4.78, 5) is 22.7. The maximum absolute atomic E-state index is 13.7. The number of hydrogen-bond donors (Lipinski definition) is 0. The van der Waals surface area contributed by atoms with E-state index in [4.69, 9.17) is 26.1 Å². The lowest BCUT2D eigenvalue weighted by molar-refractivity contribution is -0.118. The summed E-state index contributed by atoms with van der Waals surface area (Å²) in [6.45, 7) is 4.87. The van der Waals surface area contributed by atoms with Crippen LogP contribution in [0.5, 0.6) is 5.75 Å². The molecular formula is C29H31Cl2N3O3S. The molecule has 0 radical (unpaired) electrons. The zero-order chi connectivity index (χ0) is 25.6. The van der Waals surface area contributed by atoms with Gasteiger partial charge in [0, 0.05) is 26.2 Å². The maximum Gasteiger partial charge on any atom is 0.233 e. The maximum atomic E-state index is 13.7. The number of anilines is 1. The van der Waals surface area contributed by atoms with Crippen LogP contribution in [0.1, 0.15) is 12.0 Å². The Balaban J connectivity index is 0.00000336. The van der Waals surface area contributed by atoms with Crippen molar-refractivity contribution in [2.45, 2.75) is 12.8 Å². The molecule has 5 rings (SSSR count). The fourth-order valence-electron chi connectivity index (χ4n) is 4.54. The van der Waals surface area contributed by atoms with Gasteiger partial charge >= 0.3 is 0 Å². The number of ether oxygens (including phenoxy) is 2. The third-order valence-corrected chi connectivity index (χ3v) is 8.11. The molecule has 200 valence electrons. The minimum absolute atomic E-state index is 0. The SMILES string of the molecule is COc1ccc(Cl)c2sc(N(CCCN3CCOCC3)C(=O)Cc3ccc(-c4ccccc4)cc3)nc12.Cl.